The third-order valence-electron chi connectivity index (χ3n) is 4.63. The highest BCUT2D eigenvalue weighted by Gasteiger charge is 2.20. The van der Waals surface area contributed by atoms with E-state index in [-0.39, 0.29) is 11.7 Å². The third kappa shape index (κ3) is 4.74. The normalized spacial score (nSPS) is 13.9. The van der Waals surface area contributed by atoms with Crippen LogP contribution in [0.5, 0.6) is 16.7 Å². The molecule has 0 spiro atoms. The Morgan fingerprint density at radius 1 is 1.17 bits per heavy atom. The Morgan fingerprint density at radius 2 is 1.93 bits per heavy atom. The minimum absolute atomic E-state index is 0.0688. The first kappa shape index (κ1) is 20.2. The van der Waals surface area contributed by atoms with E-state index in [2.05, 4.69) is 9.36 Å². The van der Waals surface area contributed by atoms with Crippen LogP contribution < -0.4 is 9.47 Å². The molecule has 30 heavy (non-hydrogen) atoms. The zero-order chi connectivity index (χ0) is 20.9. The largest absolute Gasteiger partial charge is 0.493 e. The predicted molar refractivity (Wildman–Crippen MR) is 109 cm³/mol. The molecular weight excluding hydrogens is 409 g/mol. The van der Waals surface area contributed by atoms with Crippen LogP contribution in [0.25, 0.3) is 0 Å². The number of methoxy groups -OCH3 is 1. The molecule has 0 unspecified atom stereocenters. The molecule has 1 fully saturated rings. The number of aromatic nitrogens is 2. The Kier molecular flexibility index (Phi) is 6.20. The monoisotopic (exact) mass is 429 g/mol. The predicted octanol–water partition coefficient (Wildman–Crippen LogP) is 3.54. The second kappa shape index (κ2) is 9.19. The molecule has 156 valence electrons. The number of ether oxygens (including phenoxy) is 3. The van der Waals surface area contributed by atoms with Gasteiger partial charge in [0.25, 0.3) is 11.1 Å². The molecule has 1 saturated heterocycles. The number of halogens is 1. The average molecular weight is 429 g/mol. The van der Waals surface area contributed by atoms with Crippen LogP contribution in [0.3, 0.4) is 0 Å². The van der Waals surface area contributed by atoms with Gasteiger partial charge in [0, 0.05) is 36.6 Å². The second-order valence-corrected chi connectivity index (χ2v) is 7.37. The molecule has 4 rings (SSSR count). The molecule has 1 amide bonds. The summed E-state index contributed by atoms with van der Waals surface area (Å²) >= 11 is 1.12. The molecule has 0 atom stereocenters. The fraction of sp³-hybridized carbons (Fsp3) is 0.286. The van der Waals surface area contributed by atoms with E-state index < -0.39 is 0 Å². The summed E-state index contributed by atoms with van der Waals surface area (Å²) in [4.78, 5) is 18.8. The molecule has 7 nitrogen and oxygen atoms in total. The molecule has 9 heteroatoms. The van der Waals surface area contributed by atoms with Gasteiger partial charge in [-0.3, -0.25) is 4.79 Å². The molecule has 1 aromatic heterocycles. The molecule has 2 heterocycles. The standard InChI is InChI=1S/C21H20FN3O4S/c1-27-18-13-15(20(26)25-8-10-28-11-9-25)4-7-17(18)29-21-23-19(24-30-21)12-14-2-5-16(22)6-3-14/h2-7,13H,8-12H2,1H3. The Hall–Kier alpha value is -3.04. The van der Waals surface area contributed by atoms with Crippen LogP contribution in [-0.2, 0) is 11.2 Å². The number of morpholine rings is 1. The lowest BCUT2D eigenvalue weighted by Crippen LogP contribution is -2.40. The topological polar surface area (TPSA) is 73.8 Å². The van der Waals surface area contributed by atoms with E-state index in [1.807, 2.05) is 0 Å². The Morgan fingerprint density at radius 3 is 2.67 bits per heavy atom. The number of hydrogen-bond acceptors (Lipinski definition) is 7. The van der Waals surface area contributed by atoms with Crippen molar-refractivity contribution in [1.82, 2.24) is 14.3 Å². The van der Waals surface area contributed by atoms with Gasteiger partial charge < -0.3 is 19.1 Å². The summed E-state index contributed by atoms with van der Waals surface area (Å²) in [6, 6.07) is 11.3. The van der Waals surface area contributed by atoms with Crippen LogP contribution in [0.4, 0.5) is 4.39 Å². The highest BCUT2D eigenvalue weighted by atomic mass is 32.1. The molecule has 0 radical (unpaired) electrons. The molecule has 0 N–H and O–H groups in total. The van der Waals surface area contributed by atoms with Crippen molar-refractivity contribution in [3.05, 3.63) is 65.2 Å². The molecule has 0 aliphatic carbocycles. The van der Waals surface area contributed by atoms with Gasteiger partial charge in [-0.05, 0) is 35.9 Å². The highest BCUT2D eigenvalue weighted by Crippen LogP contribution is 2.33. The quantitative estimate of drug-likeness (QED) is 0.597. The van der Waals surface area contributed by atoms with Crippen LogP contribution >= 0.6 is 11.5 Å². The van der Waals surface area contributed by atoms with Gasteiger partial charge in [0.1, 0.15) is 5.82 Å². The molecule has 0 saturated carbocycles. The lowest BCUT2D eigenvalue weighted by atomic mass is 10.1. The fourth-order valence-corrected chi connectivity index (χ4v) is 3.63. The number of amides is 1. The van der Waals surface area contributed by atoms with Gasteiger partial charge in [-0.15, -0.1) is 0 Å². The third-order valence-corrected chi connectivity index (χ3v) is 5.26. The minimum Gasteiger partial charge on any atom is -0.493 e. The van der Waals surface area contributed by atoms with Crippen LogP contribution in [0.1, 0.15) is 21.7 Å². The van der Waals surface area contributed by atoms with E-state index in [1.165, 1.54) is 19.2 Å². The summed E-state index contributed by atoms with van der Waals surface area (Å²) in [6.07, 6.45) is 0.476. The van der Waals surface area contributed by atoms with E-state index in [1.54, 1.807) is 35.2 Å². The van der Waals surface area contributed by atoms with E-state index in [0.717, 1.165) is 17.1 Å². The van der Waals surface area contributed by atoms with Gasteiger partial charge in [-0.2, -0.15) is 9.36 Å². The average Bonchev–Trinajstić information content (AvgIpc) is 3.22. The van der Waals surface area contributed by atoms with Crippen molar-refractivity contribution in [2.45, 2.75) is 6.42 Å². The van der Waals surface area contributed by atoms with Crippen molar-refractivity contribution in [2.24, 2.45) is 0 Å². The summed E-state index contributed by atoms with van der Waals surface area (Å²) in [5.74, 6) is 1.11. The zero-order valence-corrected chi connectivity index (χ0v) is 17.2. The van der Waals surface area contributed by atoms with Crippen molar-refractivity contribution in [1.29, 1.82) is 0 Å². The second-order valence-electron chi connectivity index (χ2n) is 6.65. The van der Waals surface area contributed by atoms with Crippen molar-refractivity contribution >= 4 is 17.4 Å². The maximum atomic E-state index is 13.0. The van der Waals surface area contributed by atoms with E-state index in [9.17, 15) is 9.18 Å². The van der Waals surface area contributed by atoms with Crippen molar-refractivity contribution < 1.29 is 23.4 Å². The molecule has 3 aromatic rings. The van der Waals surface area contributed by atoms with Crippen molar-refractivity contribution in [3.8, 4) is 16.7 Å². The minimum atomic E-state index is -0.281. The number of hydrogen-bond donors (Lipinski definition) is 0. The molecular formula is C21H20FN3O4S. The van der Waals surface area contributed by atoms with Gasteiger partial charge >= 0.3 is 0 Å². The Balaban J connectivity index is 1.46. The van der Waals surface area contributed by atoms with E-state index in [0.29, 0.717) is 60.8 Å². The number of carbonyl (C=O) groups is 1. The Labute approximate surface area is 177 Å². The number of nitrogens with zero attached hydrogens (tertiary/aromatic N) is 3. The summed E-state index contributed by atoms with van der Waals surface area (Å²) in [6.45, 7) is 2.23. The molecule has 0 bridgehead atoms. The van der Waals surface area contributed by atoms with Crippen molar-refractivity contribution in [3.63, 3.8) is 0 Å². The van der Waals surface area contributed by atoms with Crippen molar-refractivity contribution in [2.75, 3.05) is 33.4 Å². The first-order valence-corrected chi connectivity index (χ1v) is 10.2. The first-order valence-electron chi connectivity index (χ1n) is 9.42. The van der Waals surface area contributed by atoms with Crippen LogP contribution in [0.15, 0.2) is 42.5 Å². The first-order chi connectivity index (χ1) is 14.6. The molecule has 2 aromatic carbocycles. The Bertz CT molecular complexity index is 1020. The summed E-state index contributed by atoms with van der Waals surface area (Å²) in [5.41, 5.74) is 1.43. The fourth-order valence-electron chi connectivity index (χ4n) is 3.06. The van der Waals surface area contributed by atoms with E-state index in [4.69, 9.17) is 14.2 Å². The van der Waals surface area contributed by atoms with Gasteiger partial charge in [-0.1, -0.05) is 12.1 Å². The maximum Gasteiger partial charge on any atom is 0.298 e. The number of carbonyl (C=O) groups excluding carboxylic acids is 1. The highest BCUT2D eigenvalue weighted by molar-refractivity contribution is 7.07. The van der Waals surface area contributed by atoms with Gasteiger partial charge in [0.2, 0.25) is 0 Å². The van der Waals surface area contributed by atoms with E-state index >= 15 is 0 Å². The number of benzene rings is 2. The van der Waals surface area contributed by atoms with Gasteiger partial charge in [0.15, 0.2) is 17.3 Å². The lowest BCUT2D eigenvalue weighted by molar-refractivity contribution is 0.0302. The number of rotatable bonds is 6. The van der Waals surface area contributed by atoms with Gasteiger partial charge in [0.05, 0.1) is 20.3 Å². The smallest absolute Gasteiger partial charge is 0.298 e. The molecule has 1 aliphatic rings. The SMILES string of the molecule is COc1cc(C(=O)N2CCOCC2)ccc1Oc1nc(Cc2ccc(F)cc2)ns1. The lowest BCUT2D eigenvalue weighted by Gasteiger charge is -2.27. The summed E-state index contributed by atoms with van der Waals surface area (Å²) in [5, 5.41) is 0.359. The summed E-state index contributed by atoms with van der Waals surface area (Å²) < 4.78 is 33.9. The maximum absolute atomic E-state index is 13.0. The van der Waals surface area contributed by atoms with Gasteiger partial charge in [-0.25, -0.2) is 4.39 Å². The zero-order valence-electron chi connectivity index (χ0n) is 16.3. The van der Waals surface area contributed by atoms with Crippen LogP contribution in [0, 0.1) is 5.82 Å². The van der Waals surface area contributed by atoms with Crippen LogP contribution in [0.2, 0.25) is 0 Å². The summed E-state index contributed by atoms with van der Waals surface area (Å²) in [7, 11) is 1.52. The van der Waals surface area contributed by atoms with Crippen LogP contribution in [-0.4, -0.2) is 53.6 Å². The molecule has 1 aliphatic heterocycles.